The fourth-order valence-corrected chi connectivity index (χ4v) is 3.17. The van der Waals surface area contributed by atoms with Crippen molar-refractivity contribution in [3.8, 4) is 11.4 Å². The monoisotopic (exact) mass is 422 g/mol. The fraction of sp³-hybridized carbons (Fsp3) is 0.0417. The second-order valence-corrected chi connectivity index (χ2v) is 7.00. The molecule has 0 saturated heterocycles. The van der Waals surface area contributed by atoms with Crippen molar-refractivity contribution in [2.45, 2.75) is 6.61 Å². The van der Waals surface area contributed by atoms with Crippen molar-refractivity contribution >= 4 is 17.2 Å². The summed E-state index contributed by atoms with van der Waals surface area (Å²) in [6.45, 7) is 0.496. The lowest BCUT2D eigenvalue weighted by molar-refractivity contribution is 0.306. The van der Waals surface area contributed by atoms with E-state index in [1.165, 1.54) is 6.20 Å². The number of para-hydroxylation sites is 1. The minimum Gasteiger partial charge on any atom is -0.489 e. The molecule has 0 aliphatic carbocycles. The largest absolute Gasteiger partial charge is 0.489 e. The number of rotatable bonds is 6. The van der Waals surface area contributed by atoms with Gasteiger partial charge < -0.3 is 4.74 Å². The van der Waals surface area contributed by atoms with Gasteiger partial charge >= 0.3 is 5.56 Å². The van der Waals surface area contributed by atoms with Gasteiger partial charge in [0.25, 0.3) is 0 Å². The van der Waals surface area contributed by atoms with E-state index >= 15 is 0 Å². The van der Waals surface area contributed by atoms with Crippen LogP contribution in [-0.4, -0.2) is 31.1 Å². The normalized spacial score (nSPS) is 11.2. The lowest BCUT2D eigenvalue weighted by atomic mass is 10.2. The van der Waals surface area contributed by atoms with Gasteiger partial charge in [0.2, 0.25) is 0 Å². The maximum absolute atomic E-state index is 12.7. The summed E-state index contributed by atoms with van der Waals surface area (Å²) in [6.07, 6.45) is 3.02. The van der Waals surface area contributed by atoms with E-state index in [9.17, 15) is 4.79 Å². The highest BCUT2D eigenvalue weighted by Crippen LogP contribution is 2.14. The zero-order valence-electron chi connectivity index (χ0n) is 16.9. The number of hydrogen-bond acceptors (Lipinski definition) is 6. The third-order valence-corrected chi connectivity index (χ3v) is 4.83. The second-order valence-electron chi connectivity index (χ2n) is 7.00. The molecule has 3 aromatic carbocycles. The van der Waals surface area contributed by atoms with Gasteiger partial charge in [0.1, 0.15) is 17.7 Å². The summed E-state index contributed by atoms with van der Waals surface area (Å²) in [6, 6.07) is 26.8. The molecule has 0 aliphatic rings. The van der Waals surface area contributed by atoms with Crippen LogP contribution in [0.5, 0.6) is 5.75 Å². The van der Waals surface area contributed by atoms with E-state index in [0.717, 1.165) is 27.4 Å². The van der Waals surface area contributed by atoms with E-state index in [-0.39, 0.29) is 0 Å². The van der Waals surface area contributed by atoms with E-state index in [1.807, 2.05) is 84.9 Å². The van der Waals surface area contributed by atoms with E-state index in [1.54, 1.807) is 10.9 Å². The first-order valence-electron chi connectivity index (χ1n) is 9.98. The Morgan fingerprint density at radius 2 is 1.62 bits per heavy atom. The molecular formula is C24H18N6O2. The number of aromatic nitrogens is 5. The third-order valence-electron chi connectivity index (χ3n) is 4.83. The van der Waals surface area contributed by atoms with Gasteiger partial charge in [-0.05, 0) is 52.7 Å². The molecule has 0 fully saturated rings. The second kappa shape index (κ2) is 8.65. The van der Waals surface area contributed by atoms with Gasteiger partial charge in [-0.3, -0.25) is 4.79 Å². The summed E-state index contributed by atoms with van der Waals surface area (Å²) in [5, 5.41) is 16.8. The van der Waals surface area contributed by atoms with Crippen LogP contribution in [0.4, 0.5) is 0 Å². The molecule has 0 radical (unpaired) electrons. The Kier molecular flexibility index (Phi) is 5.24. The van der Waals surface area contributed by atoms with Gasteiger partial charge in [0.15, 0.2) is 5.65 Å². The molecule has 0 aliphatic heterocycles. The molecule has 5 aromatic rings. The predicted octanol–water partition coefficient (Wildman–Crippen LogP) is 3.44. The van der Waals surface area contributed by atoms with Crippen LogP contribution in [0.25, 0.3) is 16.7 Å². The zero-order valence-corrected chi connectivity index (χ0v) is 16.9. The lowest BCUT2D eigenvalue weighted by Gasteiger charge is -2.06. The predicted molar refractivity (Wildman–Crippen MR) is 121 cm³/mol. The molecule has 2 heterocycles. The van der Waals surface area contributed by atoms with Crippen LogP contribution in [0.3, 0.4) is 0 Å². The van der Waals surface area contributed by atoms with Crippen LogP contribution in [0.1, 0.15) is 11.1 Å². The Labute approximate surface area is 183 Å². The number of ether oxygens (including phenoxy) is 1. The van der Waals surface area contributed by atoms with Crippen molar-refractivity contribution in [2.75, 3.05) is 0 Å². The van der Waals surface area contributed by atoms with Crippen LogP contribution in [0.15, 0.2) is 101 Å². The highest BCUT2D eigenvalue weighted by molar-refractivity contribution is 5.80. The molecule has 0 N–H and O–H groups in total. The van der Waals surface area contributed by atoms with E-state index in [4.69, 9.17) is 4.74 Å². The van der Waals surface area contributed by atoms with E-state index in [2.05, 4.69) is 20.5 Å². The average Bonchev–Trinajstić information content (AvgIpc) is 3.29. The molecule has 156 valence electrons. The maximum atomic E-state index is 12.7. The smallest absolute Gasteiger partial charge is 0.302 e. The first-order valence-corrected chi connectivity index (χ1v) is 9.98. The Morgan fingerprint density at radius 1 is 0.906 bits per heavy atom. The standard InChI is InChI=1S/C24H18N6O2/c31-24-22-16-25-29(20-9-5-2-6-10-20)23(22)27-28-30(24)26-15-18-11-13-21(14-12-18)32-17-19-7-3-1-4-8-19/h1-16H,17H2. The summed E-state index contributed by atoms with van der Waals surface area (Å²) < 4.78 is 7.36. The van der Waals surface area contributed by atoms with Crippen molar-refractivity contribution in [3.63, 3.8) is 0 Å². The molecule has 8 heteroatoms. The van der Waals surface area contributed by atoms with Crippen molar-refractivity contribution < 1.29 is 4.74 Å². The van der Waals surface area contributed by atoms with Crippen molar-refractivity contribution in [1.29, 1.82) is 0 Å². The molecule has 0 amide bonds. The number of benzene rings is 3. The van der Waals surface area contributed by atoms with Gasteiger partial charge in [0, 0.05) is 0 Å². The Hall–Kier alpha value is -4.59. The lowest BCUT2D eigenvalue weighted by Crippen LogP contribution is -2.21. The van der Waals surface area contributed by atoms with Gasteiger partial charge in [-0.2, -0.15) is 10.2 Å². The number of nitrogens with zero attached hydrogens (tertiary/aromatic N) is 6. The minimum absolute atomic E-state index is 0.339. The van der Waals surface area contributed by atoms with Crippen molar-refractivity contribution in [3.05, 3.63) is 113 Å². The molecule has 0 bridgehead atoms. The summed E-state index contributed by atoms with van der Waals surface area (Å²) in [7, 11) is 0. The molecule has 0 spiro atoms. The maximum Gasteiger partial charge on any atom is 0.302 e. The van der Waals surface area contributed by atoms with Crippen LogP contribution in [0, 0.1) is 0 Å². The molecular weight excluding hydrogens is 404 g/mol. The molecule has 8 nitrogen and oxygen atoms in total. The summed E-state index contributed by atoms with van der Waals surface area (Å²) >= 11 is 0. The minimum atomic E-state index is -0.392. The van der Waals surface area contributed by atoms with Crippen LogP contribution in [-0.2, 0) is 6.61 Å². The van der Waals surface area contributed by atoms with Crippen LogP contribution < -0.4 is 10.3 Å². The topological polar surface area (TPSA) is 87.2 Å². The van der Waals surface area contributed by atoms with Crippen LogP contribution in [0.2, 0.25) is 0 Å². The molecule has 0 unspecified atom stereocenters. The Morgan fingerprint density at radius 3 is 2.38 bits per heavy atom. The first kappa shape index (κ1) is 19.4. The quantitative estimate of drug-likeness (QED) is 0.391. The summed E-state index contributed by atoms with van der Waals surface area (Å²) in [5.74, 6) is 0.748. The molecule has 0 saturated carbocycles. The molecule has 32 heavy (non-hydrogen) atoms. The Balaban J connectivity index is 1.32. The van der Waals surface area contributed by atoms with Gasteiger partial charge in [-0.1, -0.05) is 53.3 Å². The first-order chi connectivity index (χ1) is 15.8. The highest BCUT2D eigenvalue weighted by atomic mass is 16.5. The van der Waals surface area contributed by atoms with E-state index in [0.29, 0.717) is 17.6 Å². The molecule has 2 aromatic heterocycles. The van der Waals surface area contributed by atoms with Crippen molar-refractivity contribution in [2.24, 2.45) is 5.10 Å². The number of fused-ring (bicyclic) bond motifs is 1. The summed E-state index contributed by atoms with van der Waals surface area (Å²) in [5.41, 5.74) is 2.68. The van der Waals surface area contributed by atoms with Crippen LogP contribution >= 0.6 is 0 Å². The van der Waals surface area contributed by atoms with Gasteiger partial charge in [0.05, 0.1) is 18.1 Å². The SMILES string of the molecule is O=c1c2cnn(-c3ccccc3)c2nnn1N=Cc1ccc(OCc2ccccc2)cc1. The molecule has 0 atom stereocenters. The van der Waals surface area contributed by atoms with Gasteiger partial charge in [-0.25, -0.2) is 4.68 Å². The summed E-state index contributed by atoms with van der Waals surface area (Å²) in [4.78, 5) is 13.7. The third kappa shape index (κ3) is 4.01. The zero-order chi connectivity index (χ0) is 21.8. The van der Waals surface area contributed by atoms with Gasteiger partial charge in [-0.15, -0.1) is 5.10 Å². The Bertz CT molecular complexity index is 1420. The average molecular weight is 422 g/mol. The van der Waals surface area contributed by atoms with E-state index < -0.39 is 5.56 Å². The van der Waals surface area contributed by atoms with Crippen molar-refractivity contribution in [1.82, 2.24) is 24.9 Å². The number of hydrogen-bond donors (Lipinski definition) is 0. The molecule has 5 rings (SSSR count). The highest BCUT2D eigenvalue weighted by Gasteiger charge is 2.12. The fourth-order valence-electron chi connectivity index (χ4n) is 3.17.